The molecule has 0 unspecified atom stereocenters. The van der Waals surface area contributed by atoms with Crippen molar-refractivity contribution in [2.75, 3.05) is 0 Å². The topological polar surface area (TPSA) is 36.0 Å². The summed E-state index contributed by atoms with van der Waals surface area (Å²) < 4.78 is 0. The molecule has 0 aliphatic carbocycles. The van der Waals surface area contributed by atoms with Crippen LogP contribution in [0, 0.1) is 13.8 Å². The first-order valence-electron chi connectivity index (χ1n) is 5.38. The van der Waals surface area contributed by atoms with Gasteiger partial charge in [0.05, 0.1) is 5.52 Å². The van der Waals surface area contributed by atoms with Gasteiger partial charge in [-0.05, 0) is 31.5 Å². The number of phenols is 1. The molecule has 3 aromatic rings. The SMILES string of the molecule is Cc1c(O)cc(C)c2c1[nH]c1ccccc12. The van der Waals surface area contributed by atoms with Crippen LogP contribution < -0.4 is 0 Å². The number of nitrogens with one attached hydrogen (secondary N) is 1. The Morgan fingerprint density at radius 3 is 2.69 bits per heavy atom. The molecule has 2 N–H and O–H groups in total. The number of fused-ring (bicyclic) bond motifs is 3. The van der Waals surface area contributed by atoms with Gasteiger partial charge in [0.2, 0.25) is 0 Å². The Balaban J connectivity index is 2.64. The van der Waals surface area contributed by atoms with Gasteiger partial charge in [-0.25, -0.2) is 0 Å². The molecule has 0 atom stereocenters. The summed E-state index contributed by atoms with van der Waals surface area (Å²) in [4.78, 5) is 3.37. The summed E-state index contributed by atoms with van der Waals surface area (Å²) in [6.07, 6.45) is 0. The van der Waals surface area contributed by atoms with Crippen molar-refractivity contribution in [1.29, 1.82) is 0 Å². The van der Waals surface area contributed by atoms with Crippen LogP contribution in [0.1, 0.15) is 11.1 Å². The largest absolute Gasteiger partial charge is 0.508 e. The summed E-state index contributed by atoms with van der Waals surface area (Å²) in [5.74, 6) is 0.358. The smallest absolute Gasteiger partial charge is 0.120 e. The van der Waals surface area contributed by atoms with Gasteiger partial charge in [0, 0.05) is 21.9 Å². The van der Waals surface area contributed by atoms with Crippen molar-refractivity contribution in [3.63, 3.8) is 0 Å². The quantitative estimate of drug-likeness (QED) is 0.585. The van der Waals surface area contributed by atoms with E-state index in [2.05, 4.69) is 17.1 Å². The van der Waals surface area contributed by atoms with E-state index in [4.69, 9.17) is 0 Å². The summed E-state index contributed by atoms with van der Waals surface area (Å²) in [5, 5.41) is 12.2. The van der Waals surface area contributed by atoms with Crippen LogP contribution in [0.25, 0.3) is 21.8 Å². The molecule has 0 saturated carbocycles. The number of aromatic amines is 1. The Hall–Kier alpha value is -1.96. The van der Waals surface area contributed by atoms with Gasteiger partial charge in [-0.3, -0.25) is 0 Å². The summed E-state index contributed by atoms with van der Waals surface area (Å²) in [6.45, 7) is 3.97. The molecule has 2 heteroatoms. The van der Waals surface area contributed by atoms with Crippen LogP contribution in [0.2, 0.25) is 0 Å². The Bertz CT molecular complexity index is 695. The van der Waals surface area contributed by atoms with Gasteiger partial charge in [-0.1, -0.05) is 18.2 Å². The van der Waals surface area contributed by atoms with Crippen molar-refractivity contribution in [2.24, 2.45) is 0 Å². The molecule has 0 fully saturated rings. The average molecular weight is 211 g/mol. The van der Waals surface area contributed by atoms with Crippen molar-refractivity contribution in [3.05, 3.63) is 41.5 Å². The maximum absolute atomic E-state index is 9.80. The second-order valence-electron chi connectivity index (χ2n) is 4.26. The van der Waals surface area contributed by atoms with Crippen LogP contribution in [0.4, 0.5) is 0 Å². The van der Waals surface area contributed by atoms with E-state index in [0.717, 1.165) is 22.2 Å². The van der Waals surface area contributed by atoms with Gasteiger partial charge in [-0.2, -0.15) is 0 Å². The molecule has 2 aromatic carbocycles. The third-order valence-corrected chi connectivity index (χ3v) is 3.21. The number of benzene rings is 2. The lowest BCUT2D eigenvalue weighted by Gasteiger charge is -2.03. The van der Waals surface area contributed by atoms with E-state index in [1.807, 2.05) is 32.0 Å². The predicted octanol–water partition coefficient (Wildman–Crippen LogP) is 3.64. The standard InChI is InChI=1S/C14H13NO/c1-8-7-12(16)9(2)14-13(8)10-5-3-4-6-11(10)15-14/h3-7,15-16H,1-2H3. The molecule has 0 bridgehead atoms. The van der Waals surface area contributed by atoms with Gasteiger partial charge in [0.1, 0.15) is 5.75 Å². The van der Waals surface area contributed by atoms with Gasteiger partial charge in [-0.15, -0.1) is 0 Å². The molecule has 0 aliphatic rings. The molecular weight excluding hydrogens is 198 g/mol. The fourth-order valence-electron chi connectivity index (χ4n) is 2.35. The minimum atomic E-state index is 0.358. The van der Waals surface area contributed by atoms with E-state index in [1.54, 1.807) is 0 Å². The van der Waals surface area contributed by atoms with E-state index in [-0.39, 0.29) is 0 Å². The Kier molecular flexibility index (Phi) is 1.75. The van der Waals surface area contributed by atoms with Crippen molar-refractivity contribution in [3.8, 4) is 5.75 Å². The molecule has 0 radical (unpaired) electrons. The molecule has 1 aromatic heterocycles. The number of para-hydroxylation sites is 1. The van der Waals surface area contributed by atoms with Crippen molar-refractivity contribution >= 4 is 21.8 Å². The van der Waals surface area contributed by atoms with Crippen LogP contribution in [0.5, 0.6) is 5.75 Å². The normalized spacial score (nSPS) is 11.4. The van der Waals surface area contributed by atoms with Crippen LogP contribution in [-0.2, 0) is 0 Å². The molecule has 0 amide bonds. The maximum atomic E-state index is 9.80. The Morgan fingerprint density at radius 2 is 1.88 bits per heavy atom. The third kappa shape index (κ3) is 1.07. The molecule has 16 heavy (non-hydrogen) atoms. The van der Waals surface area contributed by atoms with E-state index in [1.165, 1.54) is 10.8 Å². The van der Waals surface area contributed by atoms with E-state index >= 15 is 0 Å². The number of rotatable bonds is 0. The zero-order chi connectivity index (χ0) is 11.3. The van der Waals surface area contributed by atoms with E-state index < -0.39 is 0 Å². The highest BCUT2D eigenvalue weighted by Crippen LogP contribution is 2.34. The lowest BCUT2D eigenvalue weighted by Crippen LogP contribution is -1.81. The van der Waals surface area contributed by atoms with Crippen molar-refractivity contribution in [1.82, 2.24) is 4.98 Å². The zero-order valence-electron chi connectivity index (χ0n) is 9.33. The van der Waals surface area contributed by atoms with Crippen molar-refractivity contribution < 1.29 is 5.11 Å². The first-order chi connectivity index (χ1) is 7.68. The number of aryl methyl sites for hydroxylation is 2. The van der Waals surface area contributed by atoms with Gasteiger partial charge < -0.3 is 10.1 Å². The van der Waals surface area contributed by atoms with E-state index in [0.29, 0.717) is 5.75 Å². The lowest BCUT2D eigenvalue weighted by atomic mass is 10.0. The molecule has 0 spiro atoms. The molecule has 3 rings (SSSR count). The predicted molar refractivity (Wildman–Crippen MR) is 66.9 cm³/mol. The second-order valence-corrected chi connectivity index (χ2v) is 4.26. The zero-order valence-corrected chi connectivity index (χ0v) is 9.33. The highest BCUT2D eigenvalue weighted by molar-refractivity contribution is 6.10. The van der Waals surface area contributed by atoms with Gasteiger partial charge >= 0.3 is 0 Å². The first-order valence-corrected chi connectivity index (χ1v) is 5.38. The van der Waals surface area contributed by atoms with Gasteiger partial charge in [0.25, 0.3) is 0 Å². The molecule has 1 heterocycles. The van der Waals surface area contributed by atoms with Crippen LogP contribution >= 0.6 is 0 Å². The fraction of sp³-hybridized carbons (Fsp3) is 0.143. The summed E-state index contributed by atoms with van der Waals surface area (Å²) in [5.41, 5.74) is 4.18. The lowest BCUT2D eigenvalue weighted by molar-refractivity contribution is 0.471. The number of phenolic OH excluding ortho intramolecular Hbond substituents is 1. The Labute approximate surface area is 93.5 Å². The van der Waals surface area contributed by atoms with E-state index in [9.17, 15) is 5.11 Å². The Morgan fingerprint density at radius 1 is 1.12 bits per heavy atom. The molecular formula is C14H13NO. The molecule has 80 valence electrons. The number of hydrogen-bond donors (Lipinski definition) is 2. The van der Waals surface area contributed by atoms with Gasteiger partial charge in [0.15, 0.2) is 0 Å². The maximum Gasteiger partial charge on any atom is 0.120 e. The number of aromatic nitrogens is 1. The summed E-state index contributed by atoms with van der Waals surface area (Å²) in [7, 11) is 0. The monoisotopic (exact) mass is 211 g/mol. The number of hydrogen-bond acceptors (Lipinski definition) is 1. The number of aromatic hydroxyl groups is 1. The minimum Gasteiger partial charge on any atom is -0.508 e. The molecule has 2 nitrogen and oxygen atoms in total. The highest BCUT2D eigenvalue weighted by atomic mass is 16.3. The first kappa shape index (κ1) is 9.28. The highest BCUT2D eigenvalue weighted by Gasteiger charge is 2.11. The van der Waals surface area contributed by atoms with Crippen molar-refractivity contribution in [2.45, 2.75) is 13.8 Å². The minimum absolute atomic E-state index is 0.358. The average Bonchev–Trinajstić information content (AvgIpc) is 2.65. The summed E-state index contributed by atoms with van der Waals surface area (Å²) >= 11 is 0. The molecule has 0 aliphatic heterocycles. The third-order valence-electron chi connectivity index (χ3n) is 3.21. The number of H-pyrrole nitrogens is 1. The molecule has 0 saturated heterocycles. The summed E-state index contributed by atoms with van der Waals surface area (Å²) in [6, 6.07) is 10.1. The van der Waals surface area contributed by atoms with Crippen LogP contribution in [0.3, 0.4) is 0 Å². The fourth-order valence-corrected chi connectivity index (χ4v) is 2.35. The second kappa shape index (κ2) is 3.01. The van der Waals surface area contributed by atoms with Crippen LogP contribution in [-0.4, -0.2) is 10.1 Å². The van der Waals surface area contributed by atoms with Crippen LogP contribution in [0.15, 0.2) is 30.3 Å².